The van der Waals surface area contributed by atoms with Gasteiger partial charge in [0.15, 0.2) is 0 Å². The summed E-state index contributed by atoms with van der Waals surface area (Å²) in [5.41, 5.74) is 2.68. The lowest BCUT2D eigenvalue weighted by molar-refractivity contribution is 0.164. The van der Waals surface area contributed by atoms with Gasteiger partial charge in [-0.1, -0.05) is 50.5 Å². The standard InChI is InChI=1S/C19H32F2/c1-5-6-7-14(2)8-9-15(3)19(21)13-18(20)11-10-17-12-16(17)4/h8,12,15-16,18-19H,5-7,9-11,13H2,1-4H3. The van der Waals surface area contributed by atoms with Crippen molar-refractivity contribution in [2.45, 2.75) is 85.0 Å². The average Bonchev–Trinajstić information content (AvgIpc) is 3.15. The van der Waals surface area contributed by atoms with Gasteiger partial charge >= 0.3 is 0 Å². The van der Waals surface area contributed by atoms with E-state index in [-0.39, 0.29) is 12.3 Å². The number of rotatable bonds is 11. The average molecular weight is 298 g/mol. The largest absolute Gasteiger partial charge is 0.247 e. The summed E-state index contributed by atoms with van der Waals surface area (Å²) in [6, 6.07) is 0. The first-order valence-electron chi connectivity index (χ1n) is 8.58. The van der Waals surface area contributed by atoms with Crippen molar-refractivity contribution in [3.63, 3.8) is 0 Å². The Labute approximate surface area is 129 Å². The van der Waals surface area contributed by atoms with Gasteiger partial charge in [0.25, 0.3) is 0 Å². The van der Waals surface area contributed by atoms with Gasteiger partial charge < -0.3 is 0 Å². The van der Waals surface area contributed by atoms with Gasteiger partial charge in [-0.25, -0.2) is 8.78 Å². The monoisotopic (exact) mass is 298 g/mol. The predicted octanol–water partition coefficient (Wildman–Crippen LogP) is 6.57. The molecule has 0 saturated carbocycles. The summed E-state index contributed by atoms with van der Waals surface area (Å²) in [6.45, 7) is 8.30. The third-order valence-corrected chi connectivity index (χ3v) is 4.55. The van der Waals surface area contributed by atoms with Crippen LogP contribution in [0.1, 0.15) is 72.6 Å². The number of halogens is 2. The fourth-order valence-electron chi connectivity index (χ4n) is 2.59. The van der Waals surface area contributed by atoms with Crippen molar-refractivity contribution in [3.05, 3.63) is 23.3 Å². The summed E-state index contributed by atoms with van der Waals surface area (Å²) < 4.78 is 27.9. The van der Waals surface area contributed by atoms with E-state index in [9.17, 15) is 8.78 Å². The highest BCUT2D eigenvalue weighted by Crippen LogP contribution is 2.33. The summed E-state index contributed by atoms with van der Waals surface area (Å²) in [5, 5.41) is 0. The molecule has 1 rings (SSSR count). The number of allylic oxidation sites excluding steroid dienone is 4. The molecule has 4 atom stereocenters. The van der Waals surface area contributed by atoms with Gasteiger partial charge in [-0.05, 0) is 50.9 Å². The summed E-state index contributed by atoms with van der Waals surface area (Å²) >= 11 is 0. The maximum absolute atomic E-state index is 14.1. The molecule has 21 heavy (non-hydrogen) atoms. The zero-order valence-corrected chi connectivity index (χ0v) is 14.2. The van der Waals surface area contributed by atoms with Crippen molar-refractivity contribution in [2.24, 2.45) is 11.8 Å². The number of hydrogen-bond acceptors (Lipinski definition) is 0. The molecule has 0 heterocycles. The molecule has 0 spiro atoms. The maximum atomic E-state index is 14.1. The second-order valence-corrected chi connectivity index (χ2v) is 6.78. The zero-order chi connectivity index (χ0) is 15.8. The molecule has 0 radical (unpaired) electrons. The maximum Gasteiger partial charge on any atom is 0.106 e. The van der Waals surface area contributed by atoms with Crippen LogP contribution in [-0.4, -0.2) is 12.3 Å². The van der Waals surface area contributed by atoms with E-state index in [1.54, 1.807) is 0 Å². The Morgan fingerprint density at radius 2 is 2.05 bits per heavy atom. The molecule has 0 aliphatic heterocycles. The molecule has 0 saturated heterocycles. The predicted molar refractivity (Wildman–Crippen MR) is 88.0 cm³/mol. The van der Waals surface area contributed by atoms with Crippen LogP contribution in [0.3, 0.4) is 0 Å². The Morgan fingerprint density at radius 3 is 2.62 bits per heavy atom. The van der Waals surface area contributed by atoms with Gasteiger partial charge in [-0.3, -0.25) is 0 Å². The molecule has 2 heteroatoms. The van der Waals surface area contributed by atoms with Gasteiger partial charge in [-0.15, -0.1) is 0 Å². The first-order valence-corrected chi connectivity index (χ1v) is 8.58. The minimum atomic E-state index is -1.03. The van der Waals surface area contributed by atoms with E-state index >= 15 is 0 Å². The molecule has 0 aromatic heterocycles. The van der Waals surface area contributed by atoms with E-state index in [4.69, 9.17) is 0 Å². The first-order chi connectivity index (χ1) is 9.93. The van der Waals surface area contributed by atoms with Crippen molar-refractivity contribution < 1.29 is 8.78 Å². The van der Waals surface area contributed by atoms with Crippen LogP contribution in [0.4, 0.5) is 8.78 Å². The molecule has 0 bridgehead atoms. The lowest BCUT2D eigenvalue weighted by atomic mass is 9.94. The SMILES string of the molecule is CCCCC(C)=CCC(C)C(F)CC(F)CCC1=CC1C. The summed E-state index contributed by atoms with van der Waals surface area (Å²) in [4.78, 5) is 0. The third-order valence-electron chi connectivity index (χ3n) is 4.55. The number of unbranched alkanes of at least 4 members (excludes halogenated alkanes) is 1. The van der Waals surface area contributed by atoms with Crippen LogP contribution in [0.15, 0.2) is 23.3 Å². The Hall–Kier alpha value is -0.660. The zero-order valence-electron chi connectivity index (χ0n) is 14.2. The lowest BCUT2D eigenvalue weighted by Crippen LogP contribution is -2.18. The third kappa shape index (κ3) is 7.78. The van der Waals surface area contributed by atoms with Gasteiger partial charge in [0.1, 0.15) is 12.3 Å². The molecule has 1 aliphatic carbocycles. The van der Waals surface area contributed by atoms with E-state index in [1.165, 1.54) is 24.0 Å². The van der Waals surface area contributed by atoms with E-state index < -0.39 is 12.3 Å². The molecule has 0 aromatic rings. The Kier molecular flexibility index (Phi) is 8.21. The summed E-state index contributed by atoms with van der Waals surface area (Å²) in [7, 11) is 0. The van der Waals surface area contributed by atoms with Crippen LogP contribution in [0.25, 0.3) is 0 Å². The Bertz CT molecular complexity index is 357. The molecule has 4 unspecified atom stereocenters. The van der Waals surface area contributed by atoms with Crippen molar-refractivity contribution in [1.82, 2.24) is 0 Å². The minimum absolute atomic E-state index is 0.0602. The highest BCUT2D eigenvalue weighted by molar-refractivity contribution is 5.27. The summed E-state index contributed by atoms with van der Waals surface area (Å²) in [6.07, 6.45) is 7.82. The molecule has 0 aromatic carbocycles. The number of alkyl halides is 2. The number of hydrogen-bond donors (Lipinski definition) is 0. The van der Waals surface area contributed by atoms with E-state index in [0.29, 0.717) is 12.3 Å². The normalized spacial score (nSPS) is 22.7. The van der Waals surface area contributed by atoms with E-state index in [0.717, 1.165) is 19.3 Å². The molecule has 0 amide bonds. The smallest absolute Gasteiger partial charge is 0.106 e. The van der Waals surface area contributed by atoms with Crippen LogP contribution >= 0.6 is 0 Å². The van der Waals surface area contributed by atoms with E-state index in [2.05, 4.69) is 32.9 Å². The van der Waals surface area contributed by atoms with E-state index in [1.807, 2.05) is 6.92 Å². The molecule has 0 N–H and O–H groups in total. The quantitative estimate of drug-likeness (QED) is 0.378. The lowest BCUT2D eigenvalue weighted by Gasteiger charge is -2.17. The van der Waals surface area contributed by atoms with Crippen LogP contribution < -0.4 is 0 Å². The highest BCUT2D eigenvalue weighted by atomic mass is 19.1. The topological polar surface area (TPSA) is 0 Å². The second-order valence-electron chi connectivity index (χ2n) is 6.78. The molecule has 122 valence electrons. The highest BCUT2D eigenvalue weighted by Gasteiger charge is 2.23. The molecular formula is C19H32F2. The van der Waals surface area contributed by atoms with Crippen molar-refractivity contribution in [3.8, 4) is 0 Å². The van der Waals surface area contributed by atoms with Gasteiger partial charge in [0.2, 0.25) is 0 Å². The molecular weight excluding hydrogens is 266 g/mol. The Morgan fingerprint density at radius 1 is 1.38 bits per heavy atom. The van der Waals surface area contributed by atoms with Crippen LogP contribution in [0, 0.1) is 11.8 Å². The van der Waals surface area contributed by atoms with Crippen LogP contribution in [0.5, 0.6) is 0 Å². The first kappa shape index (κ1) is 18.4. The fraction of sp³-hybridized carbons (Fsp3) is 0.789. The van der Waals surface area contributed by atoms with Gasteiger partial charge in [-0.2, -0.15) is 0 Å². The van der Waals surface area contributed by atoms with Crippen molar-refractivity contribution in [1.29, 1.82) is 0 Å². The minimum Gasteiger partial charge on any atom is -0.247 e. The van der Waals surface area contributed by atoms with Crippen LogP contribution in [0.2, 0.25) is 0 Å². The van der Waals surface area contributed by atoms with Gasteiger partial charge in [0, 0.05) is 6.42 Å². The summed E-state index contributed by atoms with van der Waals surface area (Å²) in [5.74, 6) is 0.479. The Balaban J connectivity index is 2.19. The molecule has 1 aliphatic rings. The second kappa shape index (κ2) is 9.38. The van der Waals surface area contributed by atoms with Gasteiger partial charge in [0.05, 0.1) is 0 Å². The molecule has 0 nitrogen and oxygen atoms in total. The fourth-order valence-corrected chi connectivity index (χ4v) is 2.59. The van der Waals surface area contributed by atoms with Crippen LogP contribution in [-0.2, 0) is 0 Å². The van der Waals surface area contributed by atoms with Crippen molar-refractivity contribution >= 4 is 0 Å². The molecule has 0 fully saturated rings. The van der Waals surface area contributed by atoms with Crippen molar-refractivity contribution in [2.75, 3.05) is 0 Å².